The van der Waals surface area contributed by atoms with Crippen LogP contribution in [0.25, 0.3) is 0 Å². The molecule has 0 unspecified atom stereocenters. The molecule has 0 aliphatic heterocycles. The van der Waals surface area contributed by atoms with Crippen LogP contribution in [-0.2, 0) is 4.74 Å². The van der Waals surface area contributed by atoms with Crippen LogP contribution in [0, 0.1) is 12.3 Å². The molecular weight excluding hydrogens is 204 g/mol. The molecule has 1 aromatic rings. The zero-order valence-electron chi connectivity index (χ0n) is 9.66. The lowest BCUT2D eigenvalue weighted by Crippen LogP contribution is -2.06. The van der Waals surface area contributed by atoms with Crippen molar-refractivity contribution in [1.82, 2.24) is 0 Å². The van der Waals surface area contributed by atoms with Crippen molar-refractivity contribution >= 4 is 0 Å². The second kappa shape index (κ2) is 6.76. The number of hydrogen-bond acceptors (Lipinski definition) is 3. The van der Waals surface area contributed by atoms with E-state index in [9.17, 15) is 0 Å². The number of terminal acetylenes is 1. The molecule has 1 aromatic carbocycles. The summed E-state index contributed by atoms with van der Waals surface area (Å²) in [5, 5.41) is 0. The Hall–Kier alpha value is -1.66. The molecule has 3 nitrogen and oxygen atoms in total. The smallest absolute Gasteiger partial charge is 0.162 e. The van der Waals surface area contributed by atoms with Gasteiger partial charge in [0.25, 0.3) is 0 Å². The first-order valence-corrected chi connectivity index (χ1v) is 5.17. The minimum absolute atomic E-state index is 0.492. The molecule has 0 fully saturated rings. The van der Waals surface area contributed by atoms with Crippen LogP contribution >= 0.6 is 0 Å². The summed E-state index contributed by atoms with van der Waals surface area (Å²) in [5.41, 5.74) is 0.780. The van der Waals surface area contributed by atoms with Gasteiger partial charge < -0.3 is 14.2 Å². The van der Waals surface area contributed by atoms with E-state index < -0.39 is 0 Å². The zero-order chi connectivity index (χ0) is 11.8. The highest BCUT2D eigenvalue weighted by molar-refractivity contribution is 5.47. The van der Waals surface area contributed by atoms with Crippen LogP contribution in [0.2, 0.25) is 0 Å². The van der Waals surface area contributed by atoms with Crippen molar-refractivity contribution in [3.63, 3.8) is 0 Å². The van der Waals surface area contributed by atoms with Crippen LogP contribution in [0.15, 0.2) is 18.2 Å². The minimum Gasteiger partial charge on any atom is -0.490 e. The topological polar surface area (TPSA) is 27.7 Å². The van der Waals surface area contributed by atoms with E-state index >= 15 is 0 Å². The Morgan fingerprint density at radius 1 is 1.19 bits per heavy atom. The lowest BCUT2D eigenvalue weighted by Gasteiger charge is -2.11. The van der Waals surface area contributed by atoms with Crippen molar-refractivity contribution < 1.29 is 14.2 Å². The number of ether oxygens (including phenoxy) is 3. The molecule has 0 saturated heterocycles. The van der Waals surface area contributed by atoms with Gasteiger partial charge in [-0.3, -0.25) is 0 Å². The summed E-state index contributed by atoms with van der Waals surface area (Å²) in [6, 6.07) is 5.44. The van der Waals surface area contributed by atoms with E-state index in [0.29, 0.717) is 31.3 Å². The highest BCUT2D eigenvalue weighted by Crippen LogP contribution is 2.28. The van der Waals surface area contributed by atoms with Crippen LogP contribution in [0.4, 0.5) is 0 Å². The molecule has 0 amide bonds. The molecule has 0 radical (unpaired) electrons. The highest BCUT2D eigenvalue weighted by atomic mass is 16.5. The molecule has 0 bridgehead atoms. The van der Waals surface area contributed by atoms with Gasteiger partial charge in [-0.15, -0.1) is 6.42 Å². The van der Waals surface area contributed by atoms with E-state index in [-0.39, 0.29) is 0 Å². The molecular formula is C13H16O3. The maximum Gasteiger partial charge on any atom is 0.162 e. The fraction of sp³-hybridized carbons (Fsp3) is 0.385. The quantitative estimate of drug-likeness (QED) is 0.542. The molecule has 0 heterocycles. The fourth-order valence-electron chi connectivity index (χ4n) is 1.22. The monoisotopic (exact) mass is 220 g/mol. The molecule has 86 valence electrons. The second-order valence-corrected chi connectivity index (χ2v) is 3.08. The summed E-state index contributed by atoms with van der Waals surface area (Å²) in [7, 11) is 1.63. The van der Waals surface area contributed by atoms with Crippen LogP contribution in [-0.4, -0.2) is 26.9 Å². The maximum absolute atomic E-state index is 5.51. The zero-order valence-corrected chi connectivity index (χ0v) is 9.66. The number of rotatable bonds is 6. The van der Waals surface area contributed by atoms with Crippen LogP contribution in [0.1, 0.15) is 12.5 Å². The van der Waals surface area contributed by atoms with Gasteiger partial charge >= 0.3 is 0 Å². The molecule has 0 spiro atoms. The summed E-state index contributed by atoms with van der Waals surface area (Å²) in [6.45, 7) is 3.53. The van der Waals surface area contributed by atoms with Crippen molar-refractivity contribution in [1.29, 1.82) is 0 Å². The van der Waals surface area contributed by atoms with Gasteiger partial charge in [-0.05, 0) is 25.1 Å². The van der Waals surface area contributed by atoms with Crippen molar-refractivity contribution in [2.45, 2.75) is 6.92 Å². The Morgan fingerprint density at radius 3 is 2.62 bits per heavy atom. The summed E-state index contributed by atoms with van der Waals surface area (Å²) in [4.78, 5) is 0. The summed E-state index contributed by atoms with van der Waals surface area (Å²) in [6.07, 6.45) is 5.32. The first-order chi connectivity index (χ1) is 7.81. The first kappa shape index (κ1) is 12.4. The Kier molecular flexibility index (Phi) is 5.24. The average Bonchev–Trinajstić information content (AvgIpc) is 2.31. The summed E-state index contributed by atoms with van der Waals surface area (Å²) >= 11 is 0. The predicted octanol–water partition coefficient (Wildman–Crippen LogP) is 2.09. The third-order valence-corrected chi connectivity index (χ3v) is 1.96. The lowest BCUT2D eigenvalue weighted by molar-refractivity contribution is 0.143. The van der Waals surface area contributed by atoms with Gasteiger partial charge in [0, 0.05) is 12.7 Å². The van der Waals surface area contributed by atoms with Gasteiger partial charge in [-0.25, -0.2) is 0 Å². The second-order valence-electron chi connectivity index (χ2n) is 3.08. The molecule has 3 heteroatoms. The van der Waals surface area contributed by atoms with Crippen molar-refractivity contribution in [2.75, 3.05) is 26.9 Å². The van der Waals surface area contributed by atoms with Gasteiger partial charge in [0.1, 0.15) is 6.61 Å². The number of benzene rings is 1. The van der Waals surface area contributed by atoms with Gasteiger partial charge in [-0.2, -0.15) is 0 Å². The van der Waals surface area contributed by atoms with Crippen molar-refractivity contribution in [3.8, 4) is 23.8 Å². The van der Waals surface area contributed by atoms with Gasteiger partial charge in [-0.1, -0.05) is 5.92 Å². The third-order valence-electron chi connectivity index (χ3n) is 1.96. The number of hydrogen-bond donors (Lipinski definition) is 0. The first-order valence-electron chi connectivity index (χ1n) is 5.17. The van der Waals surface area contributed by atoms with Crippen LogP contribution < -0.4 is 9.47 Å². The van der Waals surface area contributed by atoms with E-state index in [1.165, 1.54) is 0 Å². The van der Waals surface area contributed by atoms with Crippen molar-refractivity contribution in [3.05, 3.63) is 23.8 Å². The molecule has 0 aliphatic rings. The molecule has 0 N–H and O–H groups in total. The van der Waals surface area contributed by atoms with E-state index in [1.807, 2.05) is 19.1 Å². The summed E-state index contributed by atoms with van der Waals surface area (Å²) < 4.78 is 15.9. The van der Waals surface area contributed by atoms with Gasteiger partial charge in [0.05, 0.1) is 13.2 Å². The molecule has 0 atom stereocenters. The molecule has 0 aliphatic carbocycles. The lowest BCUT2D eigenvalue weighted by atomic mass is 10.2. The third kappa shape index (κ3) is 3.48. The van der Waals surface area contributed by atoms with E-state index in [1.54, 1.807) is 13.2 Å². The van der Waals surface area contributed by atoms with Gasteiger partial charge in [0.15, 0.2) is 11.5 Å². The van der Waals surface area contributed by atoms with E-state index in [0.717, 1.165) is 5.56 Å². The van der Waals surface area contributed by atoms with Crippen molar-refractivity contribution in [2.24, 2.45) is 0 Å². The maximum atomic E-state index is 5.51. The highest BCUT2D eigenvalue weighted by Gasteiger charge is 2.05. The number of methoxy groups -OCH3 is 1. The normalized spacial score (nSPS) is 9.56. The minimum atomic E-state index is 0.492. The Labute approximate surface area is 96.3 Å². The molecule has 1 rings (SSSR count). The molecule has 16 heavy (non-hydrogen) atoms. The largest absolute Gasteiger partial charge is 0.490 e. The molecule has 0 aromatic heterocycles. The predicted molar refractivity (Wildman–Crippen MR) is 62.9 cm³/mol. The van der Waals surface area contributed by atoms with Crippen LogP contribution in [0.5, 0.6) is 11.5 Å². The average molecular weight is 220 g/mol. The Morgan fingerprint density at radius 2 is 2.00 bits per heavy atom. The Bertz CT molecular complexity index is 366. The standard InChI is InChI=1S/C13H16O3/c1-4-11-6-7-12(16-9-8-14-3)13(10-11)15-5-2/h1,6-7,10H,5,8-9H2,2-3H3. The Balaban J connectivity index is 2.77. The summed E-state index contributed by atoms with van der Waals surface area (Å²) in [5.74, 6) is 3.93. The van der Waals surface area contributed by atoms with Gasteiger partial charge in [0.2, 0.25) is 0 Å². The van der Waals surface area contributed by atoms with Crippen LogP contribution in [0.3, 0.4) is 0 Å². The fourth-order valence-corrected chi connectivity index (χ4v) is 1.22. The molecule has 0 saturated carbocycles. The van der Waals surface area contributed by atoms with E-state index in [2.05, 4.69) is 5.92 Å². The van der Waals surface area contributed by atoms with E-state index in [4.69, 9.17) is 20.6 Å². The SMILES string of the molecule is C#Cc1ccc(OCCOC)c(OCC)c1.